The highest BCUT2D eigenvalue weighted by Gasteiger charge is 2.25. The molecule has 0 radical (unpaired) electrons. The molecule has 0 saturated heterocycles. The lowest BCUT2D eigenvalue weighted by molar-refractivity contribution is -0.117. The molecule has 146 valence electrons. The summed E-state index contributed by atoms with van der Waals surface area (Å²) >= 11 is 4.85. The number of thioether (sulfide) groups is 1. The van der Waals surface area contributed by atoms with Crippen molar-refractivity contribution in [3.63, 3.8) is 0 Å². The first-order chi connectivity index (χ1) is 12.9. The number of carbonyl (C=O) groups excluding carboxylic acids is 1. The topological polar surface area (TPSA) is 75.3 Å². The summed E-state index contributed by atoms with van der Waals surface area (Å²) in [7, 11) is -3.80. The van der Waals surface area contributed by atoms with Crippen molar-refractivity contribution in [2.24, 2.45) is 0 Å². The van der Waals surface area contributed by atoms with Crippen molar-refractivity contribution in [3.8, 4) is 0 Å². The van der Waals surface area contributed by atoms with E-state index in [9.17, 15) is 13.2 Å². The summed E-state index contributed by atoms with van der Waals surface area (Å²) in [6.45, 7) is 2.04. The Labute approximate surface area is 173 Å². The maximum Gasteiger partial charge on any atom is 0.242 e. The zero-order valence-corrected chi connectivity index (χ0v) is 18.5. The molecule has 8 heteroatoms. The van der Waals surface area contributed by atoms with E-state index in [0.717, 1.165) is 16.5 Å². The van der Waals surface area contributed by atoms with Crippen LogP contribution in [0.25, 0.3) is 0 Å². The fourth-order valence-electron chi connectivity index (χ4n) is 2.45. The third-order valence-electron chi connectivity index (χ3n) is 3.95. The van der Waals surface area contributed by atoms with Gasteiger partial charge in [-0.2, -0.15) is 16.5 Å². The van der Waals surface area contributed by atoms with E-state index in [0.29, 0.717) is 17.9 Å². The van der Waals surface area contributed by atoms with Crippen LogP contribution in [0.15, 0.2) is 57.9 Å². The fourth-order valence-corrected chi connectivity index (χ4v) is 4.41. The number of aryl methyl sites for hydroxylation is 1. The molecule has 1 amide bonds. The molecule has 0 heterocycles. The van der Waals surface area contributed by atoms with Crippen molar-refractivity contribution in [3.05, 3.63) is 58.6 Å². The van der Waals surface area contributed by atoms with Gasteiger partial charge in [-0.05, 0) is 66.8 Å². The molecule has 2 aromatic carbocycles. The average Bonchev–Trinajstić information content (AvgIpc) is 2.65. The molecule has 2 rings (SSSR count). The van der Waals surface area contributed by atoms with Gasteiger partial charge >= 0.3 is 0 Å². The second-order valence-electron chi connectivity index (χ2n) is 5.95. The van der Waals surface area contributed by atoms with Gasteiger partial charge in [0.25, 0.3) is 0 Å². The molecule has 0 fully saturated rings. The predicted molar refractivity (Wildman–Crippen MR) is 116 cm³/mol. The first-order valence-electron chi connectivity index (χ1n) is 8.52. The summed E-state index contributed by atoms with van der Waals surface area (Å²) in [5.74, 6) is 0.300. The summed E-state index contributed by atoms with van der Waals surface area (Å²) in [5.41, 5.74) is 1.76. The number of carbonyl (C=O) groups is 1. The maximum absolute atomic E-state index is 12.7. The Kier molecular flexibility index (Phi) is 8.34. The molecule has 0 aromatic heterocycles. The molecule has 0 aliphatic carbocycles. The number of hydrogen-bond donors (Lipinski definition) is 2. The Morgan fingerprint density at radius 1 is 1.19 bits per heavy atom. The lowest BCUT2D eigenvalue weighted by Gasteiger charge is -2.18. The standard InChI is InChI=1S/C19H23BrN2O3S2/c1-3-14-5-4-6-16(13-14)21-19(23)18(11-12-26-2)22-27(24,25)17-9-7-15(20)8-10-17/h4-10,13,18,22H,3,11-12H2,1-2H3,(H,21,23). The Morgan fingerprint density at radius 3 is 2.52 bits per heavy atom. The molecule has 0 spiro atoms. The van der Waals surface area contributed by atoms with Gasteiger partial charge in [0.05, 0.1) is 4.90 Å². The van der Waals surface area contributed by atoms with E-state index < -0.39 is 16.1 Å². The highest BCUT2D eigenvalue weighted by molar-refractivity contribution is 9.10. The zero-order valence-electron chi connectivity index (χ0n) is 15.2. The van der Waals surface area contributed by atoms with Crippen LogP contribution in [0.4, 0.5) is 5.69 Å². The van der Waals surface area contributed by atoms with Gasteiger partial charge in [0, 0.05) is 10.2 Å². The van der Waals surface area contributed by atoms with Crippen molar-refractivity contribution >= 4 is 49.3 Å². The fraction of sp³-hybridized carbons (Fsp3) is 0.316. The highest BCUT2D eigenvalue weighted by atomic mass is 79.9. The van der Waals surface area contributed by atoms with Crippen LogP contribution >= 0.6 is 27.7 Å². The van der Waals surface area contributed by atoms with Gasteiger partial charge < -0.3 is 5.32 Å². The van der Waals surface area contributed by atoms with Crippen molar-refractivity contribution in [2.45, 2.75) is 30.7 Å². The molecule has 0 aliphatic rings. The van der Waals surface area contributed by atoms with Crippen molar-refractivity contribution in [2.75, 3.05) is 17.3 Å². The van der Waals surface area contributed by atoms with Crippen LogP contribution < -0.4 is 10.0 Å². The van der Waals surface area contributed by atoms with Crippen LogP contribution in [0.2, 0.25) is 0 Å². The number of benzene rings is 2. The summed E-state index contributed by atoms with van der Waals surface area (Å²) in [5, 5.41) is 2.83. The quantitative estimate of drug-likeness (QED) is 0.579. The summed E-state index contributed by atoms with van der Waals surface area (Å²) in [6, 6.07) is 13.0. The molecular weight excluding hydrogens is 448 g/mol. The molecule has 0 bridgehead atoms. The molecule has 5 nitrogen and oxygen atoms in total. The van der Waals surface area contributed by atoms with Gasteiger partial charge in [0.1, 0.15) is 6.04 Å². The third-order valence-corrected chi connectivity index (χ3v) is 6.61. The Hall–Kier alpha value is -1.35. The predicted octanol–water partition coefficient (Wildman–Crippen LogP) is 4.05. The highest BCUT2D eigenvalue weighted by Crippen LogP contribution is 2.17. The smallest absolute Gasteiger partial charge is 0.242 e. The number of amides is 1. The number of anilines is 1. The molecule has 0 saturated carbocycles. The maximum atomic E-state index is 12.7. The first kappa shape index (κ1) is 21.9. The first-order valence-corrected chi connectivity index (χ1v) is 12.2. The van der Waals surface area contributed by atoms with Gasteiger partial charge in [-0.3, -0.25) is 4.79 Å². The van der Waals surface area contributed by atoms with Crippen molar-refractivity contribution in [1.82, 2.24) is 4.72 Å². The third kappa shape index (κ3) is 6.64. The Balaban J connectivity index is 2.17. The van der Waals surface area contributed by atoms with Gasteiger partial charge in [-0.15, -0.1) is 0 Å². The number of hydrogen-bond acceptors (Lipinski definition) is 4. The van der Waals surface area contributed by atoms with E-state index in [1.165, 1.54) is 12.1 Å². The van der Waals surface area contributed by atoms with Crippen LogP contribution in [0, 0.1) is 0 Å². The van der Waals surface area contributed by atoms with Crippen LogP contribution in [0.3, 0.4) is 0 Å². The lowest BCUT2D eigenvalue weighted by Crippen LogP contribution is -2.44. The number of nitrogens with one attached hydrogen (secondary N) is 2. The average molecular weight is 471 g/mol. The molecule has 2 aromatic rings. The molecule has 1 unspecified atom stereocenters. The molecule has 27 heavy (non-hydrogen) atoms. The van der Waals surface area contributed by atoms with Gasteiger partial charge in [-0.1, -0.05) is 35.0 Å². The second-order valence-corrected chi connectivity index (χ2v) is 9.57. The zero-order chi connectivity index (χ0) is 19.9. The van der Waals surface area contributed by atoms with Gasteiger partial charge in [0.2, 0.25) is 15.9 Å². The van der Waals surface area contributed by atoms with Crippen molar-refractivity contribution < 1.29 is 13.2 Å². The molecule has 1 atom stereocenters. The van der Waals surface area contributed by atoms with E-state index in [-0.39, 0.29) is 10.8 Å². The monoisotopic (exact) mass is 470 g/mol. The second kappa shape index (κ2) is 10.3. The van der Waals surface area contributed by atoms with E-state index >= 15 is 0 Å². The minimum Gasteiger partial charge on any atom is -0.325 e. The normalized spacial score (nSPS) is 12.6. The van der Waals surface area contributed by atoms with E-state index in [1.807, 2.05) is 31.4 Å². The molecule has 2 N–H and O–H groups in total. The van der Waals surface area contributed by atoms with Crippen LogP contribution in [-0.2, 0) is 21.2 Å². The Morgan fingerprint density at radius 2 is 1.89 bits per heavy atom. The number of sulfonamides is 1. The minimum absolute atomic E-state index is 0.126. The van der Waals surface area contributed by atoms with Crippen LogP contribution in [0.1, 0.15) is 18.9 Å². The molecular formula is C19H23BrN2O3S2. The summed E-state index contributed by atoms with van der Waals surface area (Å²) in [6.07, 6.45) is 3.18. The largest absolute Gasteiger partial charge is 0.325 e. The Bertz CT molecular complexity index is 871. The van der Waals surface area contributed by atoms with Crippen LogP contribution in [0.5, 0.6) is 0 Å². The van der Waals surface area contributed by atoms with Gasteiger partial charge in [0.15, 0.2) is 0 Å². The van der Waals surface area contributed by atoms with E-state index in [1.54, 1.807) is 30.0 Å². The van der Waals surface area contributed by atoms with Gasteiger partial charge in [-0.25, -0.2) is 8.42 Å². The van der Waals surface area contributed by atoms with E-state index in [4.69, 9.17) is 0 Å². The lowest BCUT2D eigenvalue weighted by atomic mass is 10.1. The molecule has 0 aliphatic heterocycles. The van der Waals surface area contributed by atoms with Crippen molar-refractivity contribution in [1.29, 1.82) is 0 Å². The number of rotatable bonds is 9. The summed E-state index contributed by atoms with van der Waals surface area (Å²) < 4.78 is 28.7. The van der Waals surface area contributed by atoms with E-state index in [2.05, 4.69) is 26.0 Å². The number of halogens is 1. The van der Waals surface area contributed by atoms with Crippen LogP contribution in [-0.4, -0.2) is 32.4 Å². The summed E-state index contributed by atoms with van der Waals surface area (Å²) in [4.78, 5) is 12.9. The minimum atomic E-state index is -3.80. The SMILES string of the molecule is CCc1cccc(NC(=O)C(CCSC)NS(=O)(=O)c2ccc(Br)cc2)c1.